The van der Waals surface area contributed by atoms with Gasteiger partial charge in [-0.3, -0.25) is 4.90 Å². The Bertz CT molecular complexity index is 431. The smallest absolute Gasteiger partial charge is 0.411 e. The second-order valence-electron chi connectivity index (χ2n) is 3.95. The number of hydrogen-bond acceptors (Lipinski definition) is 3. The van der Waals surface area contributed by atoms with Gasteiger partial charge in [-0.2, -0.15) is 0 Å². The molecule has 0 radical (unpaired) electrons. The van der Waals surface area contributed by atoms with Crippen molar-refractivity contribution in [2.75, 3.05) is 6.54 Å². The van der Waals surface area contributed by atoms with Crippen LogP contribution in [0.15, 0.2) is 30.3 Å². The summed E-state index contributed by atoms with van der Waals surface area (Å²) >= 11 is 0. The molecule has 2 rings (SSSR count). The molecule has 90 valence electrons. The second-order valence-corrected chi connectivity index (χ2v) is 3.95. The molecule has 1 heterocycles. The molecular weight excluding hydrogens is 222 g/mol. The number of benzene rings is 1. The molecule has 1 aliphatic rings. The zero-order valence-corrected chi connectivity index (χ0v) is 9.37. The highest BCUT2D eigenvalue weighted by atomic mass is 16.6. The van der Waals surface area contributed by atoms with Gasteiger partial charge in [0.1, 0.15) is 0 Å². The van der Waals surface area contributed by atoms with E-state index in [9.17, 15) is 9.59 Å². The molecule has 17 heavy (non-hydrogen) atoms. The molecular formula is C12H13NO4. The van der Waals surface area contributed by atoms with E-state index in [0.29, 0.717) is 0 Å². The molecule has 0 spiro atoms. The average molecular weight is 235 g/mol. The summed E-state index contributed by atoms with van der Waals surface area (Å²) in [4.78, 5) is 23.7. The van der Waals surface area contributed by atoms with E-state index in [1.54, 1.807) is 0 Å². The number of carboxylic acid groups (broad SMARTS) is 1. The molecule has 1 saturated heterocycles. The van der Waals surface area contributed by atoms with Crippen molar-refractivity contribution in [3.05, 3.63) is 35.9 Å². The van der Waals surface area contributed by atoms with Crippen LogP contribution >= 0.6 is 0 Å². The van der Waals surface area contributed by atoms with E-state index in [1.807, 2.05) is 37.3 Å². The highest BCUT2D eigenvalue weighted by molar-refractivity contribution is 5.81. The van der Waals surface area contributed by atoms with Gasteiger partial charge in [0.05, 0.1) is 12.6 Å². The third-order valence-electron chi connectivity index (χ3n) is 2.87. The molecule has 0 aromatic heterocycles. The molecule has 1 N–H and O–H groups in total. The van der Waals surface area contributed by atoms with Gasteiger partial charge in [0, 0.05) is 0 Å². The zero-order valence-electron chi connectivity index (χ0n) is 9.37. The molecule has 0 unspecified atom stereocenters. The molecule has 2 atom stereocenters. The number of cyclic esters (lactones) is 1. The van der Waals surface area contributed by atoms with Gasteiger partial charge < -0.3 is 9.84 Å². The quantitative estimate of drug-likeness (QED) is 0.865. The Hall–Kier alpha value is -2.04. The van der Waals surface area contributed by atoms with Gasteiger partial charge in [-0.15, -0.1) is 0 Å². The topological polar surface area (TPSA) is 66.8 Å². The summed E-state index contributed by atoms with van der Waals surface area (Å²) < 4.78 is 4.77. The van der Waals surface area contributed by atoms with Gasteiger partial charge in [-0.05, 0) is 12.5 Å². The van der Waals surface area contributed by atoms with E-state index in [1.165, 1.54) is 4.90 Å². The standard InChI is InChI=1S/C12H13NO4/c1-8(9-5-3-2-4-6-9)13-7-10(11(14)15)17-12(13)16/h2-6,8,10H,7H2,1H3,(H,14,15)/t8-,10-/m1/s1. The van der Waals surface area contributed by atoms with Crippen LogP contribution in [0.3, 0.4) is 0 Å². The average Bonchev–Trinajstić information content (AvgIpc) is 2.72. The van der Waals surface area contributed by atoms with Gasteiger partial charge in [-0.25, -0.2) is 9.59 Å². The van der Waals surface area contributed by atoms with Crippen LogP contribution in [0.2, 0.25) is 0 Å². The van der Waals surface area contributed by atoms with Crippen LogP contribution in [-0.2, 0) is 9.53 Å². The first-order valence-electron chi connectivity index (χ1n) is 5.34. The second kappa shape index (κ2) is 4.45. The Balaban J connectivity index is 2.14. The van der Waals surface area contributed by atoms with Gasteiger partial charge in [0.15, 0.2) is 0 Å². The van der Waals surface area contributed by atoms with E-state index in [2.05, 4.69) is 0 Å². The van der Waals surface area contributed by atoms with Gasteiger partial charge in [-0.1, -0.05) is 30.3 Å². The molecule has 1 fully saturated rings. The van der Waals surface area contributed by atoms with Crippen LogP contribution in [0.25, 0.3) is 0 Å². The lowest BCUT2D eigenvalue weighted by Gasteiger charge is -2.21. The first-order valence-corrected chi connectivity index (χ1v) is 5.34. The summed E-state index contributed by atoms with van der Waals surface area (Å²) in [5, 5.41) is 8.80. The largest absolute Gasteiger partial charge is 0.478 e. The minimum Gasteiger partial charge on any atom is -0.478 e. The summed E-state index contributed by atoms with van der Waals surface area (Å²) in [6, 6.07) is 9.24. The Kier molecular flexibility index (Phi) is 2.99. The van der Waals surface area contributed by atoms with E-state index in [4.69, 9.17) is 9.84 Å². The van der Waals surface area contributed by atoms with Gasteiger partial charge in [0.2, 0.25) is 6.10 Å². The fourth-order valence-corrected chi connectivity index (χ4v) is 1.84. The van der Waals surface area contributed by atoms with Crippen molar-refractivity contribution < 1.29 is 19.4 Å². The number of amides is 1. The number of carboxylic acids is 1. The number of rotatable bonds is 3. The van der Waals surface area contributed by atoms with Gasteiger partial charge in [0.25, 0.3) is 0 Å². The number of aliphatic carboxylic acids is 1. The van der Waals surface area contributed by atoms with Crippen LogP contribution in [0.1, 0.15) is 18.5 Å². The molecule has 0 saturated carbocycles. The van der Waals surface area contributed by atoms with Crippen molar-refractivity contribution in [1.29, 1.82) is 0 Å². The normalized spacial score (nSPS) is 21.1. The van der Waals surface area contributed by atoms with Crippen LogP contribution in [0.4, 0.5) is 4.79 Å². The summed E-state index contributed by atoms with van der Waals surface area (Å²) in [5.74, 6) is -1.11. The maximum atomic E-state index is 11.5. The number of carbonyl (C=O) groups excluding carboxylic acids is 1. The van der Waals surface area contributed by atoms with E-state index in [0.717, 1.165) is 5.56 Å². The van der Waals surface area contributed by atoms with Gasteiger partial charge >= 0.3 is 12.1 Å². The van der Waals surface area contributed by atoms with Crippen molar-refractivity contribution in [3.63, 3.8) is 0 Å². The third kappa shape index (κ3) is 2.22. The van der Waals surface area contributed by atoms with E-state index < -0.39 is 18.2 Å². The lowest BCUT2D eigenvalue weighted by molar-refractivity contribution is -0.144. The Morgan fingerprint density at radius 2 is 2.12 bits per heavy atom. The van der Waals surface area contributed by atoms with Crippen LogP contribution in [0.5, 0.6) is 0 Å². The number of hydrogen-bond donors (Lipinski definition) is 1. The third-order valence-corrected chi connectivity index (χ3v) is 2.87. The molecule has 0 aliphatic carbocycles. The van der Waals surface area contributed by atoms with Crippen molar-refractivity contribution in [1.82, 2.24) is 4.90 Å². The Labute approximate surface area is 98.6 Å². The fourth-order valence-electron chi connectivity index (χ4n) is 1.84. The fraction of sp³-hybridized carbons (Fsp3) is 0.333. The Morgan fingerprint density at radius 1 is 1.47 bits per heavy atom. The lowest BCUT2D eigenvalue weighted by Crippen LogP contribution is -2.30. The molecule has 5 heteroatoms. The number of nitrogens with zero attached hydrogens (tertiary/aromatic N) is 1. The maximum Gasteiger partial charge on any atom is 0.411 e. The first-order chi connectivity index (χ1) is 8.09. The minimum atomic E-state index is -1.11. The SMILES string of the molecule is C[C@H](c1ccccc1)N1C[C@H](C(=O)O)OC1=O. The molecule has 1 aliphatic heterocycles. The monoisotopic (exact) mass is 235 g/mol. The molecule has 1 aromatic carbocycles. The van der Waals surface area contributed by atoms with Crippen molar-refractivity contribution in [2.45, 2.75) is 19.1 Å². The van der Waals surface area contributed by atoms with Crippen LogP contribution in [0, 0.1) is 0 Å². The van der Waals surface area contributed by atoms with Crippen LogP contribution in [-0.4, -0.2) is 34.7 Å². The van der Waals surface area contributed by atoms with Crippen molar-refractivity contribution >= 4 is 12.1 Å². The predicted octanol–water partition coefficient (Wildman–Crippen LogP) is 1.65. The van der Waals surface area contributed by atoms with Crippen molar-refractivity contribution in [3.8, 4) is 0 Å². The van der Waals surface area contributed by atoms with E-state index in [-0.39, 0.29) is 12.6 Å². The molecule has 5 nitrogen and oxygen atoms in total. The zero-order chi connectivity index (χ0) is 12.4. The summed E-state index contributed by atoms with van der Waals surface area (Å²) in [6.45, 7) is 1.94. The van der Waals surface area contributed by atoms with E-state index >= 15 is 0 Å². The number of carbonyl (C=O) groups is 2. The summed E-state index contributed by atoms with van der Waals surface area (Å²) in [6.07, 6.45) is -1.64. The van der Waals surface area contributed by atoms with Crippen molar-refractivity contribution in [2.24, 2.45) is 0 Å². The highest BCUT2D eigenvalue weighted by Crippen LogP contribution is 2.25. The minimum absolute atomic E-state index is 0.0875. The predicted molar refractivity (Wildman–Crippen MR) is 59.5 cm³/mol. The highest BCUT2D eigenvalue weighted by Gasteiger charge is 2.38. The van der Waals surface area contributed by atoms with Crippen LogP contribution < -0.4 is 0 Å². The Morgan fingerprint density at radius 3 is 2.65 bits per heavy atom. The summed E-state index contributed by atoms with van der Waals surface area (Å²) in [5.41, 5.74) is 0.954. The summed E-state index contributed by atoms with van der Waals surface area (Å²) in [7, 11) is 0. The lowest BCUT2D eigenvalue weighted by atomic mass is 10.1. The molecule has 0 bridgehead atoms. The number of ether oxygens (including phenoxy) is 1. The molecule has 1 amide bonds. The maximum absolute atomic E-state index is 11.5. The molecule has 1 aromatic rings. The first kappa shape index (κ1) is 11.4.